The van der Waals surface area contributed by atoms with Gasteiger partial charge in [-0.1, -0.05) is 18.2 Å². The Labute approximate surface area is 131 Å². The molecule has 1 aliphatic rings. The van der Waals surface area contributed by atoms with Crippen molar-refractivity contribution in [2.24, 2.45) is 0 Å². The largest absolute Gasteiger partial charge is 0.308 e. The molecule has 0 aliphatic carbocycles. The van der Waals surface area contributed by atoms with Gasteiger partial charge in [-0.25, -0.2) is 4.39 Å². The lowest BCUT2D eigenvalue weighted by Gasteiger charge is -2.23. The smallest absolute Gasteiger partial charge is 0.258 e. The zero-order valence-electron chi connectivity index (χ0n) is 11.5. The lowest BCUT2D eigenvalue weighted by Crippen LogP contribution is -2.31. The van der Waals surface area contributed by atoms with E-state index in [1.165, 1.54) is 17.7 Å². The van der Waals surface area contributed by atoms with Crippen molar-refractivity contribution in [3.05, 3.63) is 63.9 Å². The van der Waals surface area contributed by atoms with Crippen molar-refractivity contribution in [1.82, 2.24) is 0 Å². The summed E-state index contributed by atoms with van der Waals surface area (Å²) in [5, 5.41) is 0. The van der Waals surface area contributed by atoms with E-state index in [0.717, 1.165) is 24.9 Å². The minimum atomic E-state index is -0.359. The van der Waals surface area contributed by atoms with E-state index < -0.39 is 0 Å². The van der Waals surface area contributed by atoms with E-state index in [4.69, 9.17) is 0 Å². The number of fused-ring (bicyclic) bond motifs is 1. The number of anilines is 1. The fraction of sp³-hybridized carbons (Fsp3) is 0.235. The molecule has 1 heterocycles. The van der Waals surface area contributed by atoms with Crippen LogP contribution in [0.3, 0.4) is 0 Å². The van der Waals surface area contributed by atoms with Crippen molar-refractivity contribution in [2.75, 3.05) is 11.4 Å². The average molecular weight is 348 g/mol. The minimum Gasteiger partial charge on any atom is -0.308 e. The zero-order chi connectivity index (χ0) is 14.8. The Morgan fingerprint density at radius 2 is 1.95 bits per heavy atom. The number of halogens is 2. The highest BCUT2D eigenvalue weighted by molar-refractivity contribution is 9.10. The van der Waals surface area contributed by atoms with Gasteiger partial charge in [-0.3, -0.25) is 4.79 Å². The number of nitrogens with zero attached hydrogens (tertiary/aromatic N) is 1. The highest BCUT2D eigenvalue weighted by atomic mass is 79.9. The maximum Gasteiger partial charge on any atom is 0.258 e. The molecule has 108 valence electrons. The third kappa shape index (κ3) is 2.86. The maximum atomic E-state index is 13.3. The molecule has 0 bridgehead atoms. The standard InChI is InChI=1S/C17H15BrFNO/c18-14-11-13(8-9-15(14)19)17(21)20-10-4-3-6-12-5-1-2-7-16(12)20/h1-2,5,7-9,11H,3-4,6,10H2. The van der Waals surface area contributed by atoms with Crippen LogP contribution >= 0.6 is 15.9 Å². The van der Waals surface area contributed by atoms with Gasteiger partial charge in [0.1, 0.15) is 5.82 Å². The quantitative estimate of drug-likeness (QED) is 0.739. The monoisotopic (exact) mass is 347 g/mol. The van der Waals surface area contributed by atoms with Crippen LogP contribution in [0.15, 0.2) is 46.9 Å². The number of para-hydroxylation sites is 1. The van der Waals surface area contributed by atoms with Crippen molar-refractivity contribution >= 4 is 27.5 Å². The first-order valence-corrected chi connectivity index (χ1v) is 7.81. The highest BCUT2D eigenvalue weighted by Gasteiger charge is 2.22. The lowest BCUT2D eigenvalue weighted by molar-refractivity contribution is 0.0987. The van der Waals surface area contributed by atoms with Gasteiger partial charge in [0.25, 0.3) is 5.91 Å². The van der Waals surface area contributed by atoms with Gasteiger partial charge < -0.3 is 4.90 Å². The molecule has 0 aromatic heterocycles. The van der Waals surface area contributed by atoms with Gasteiger partial charge in [-0.2, -0.15) is 0 Å². The molecule has 1 aliphatic heterocycles. The third-order valence-corrected chi connectivity index (χ3v) is 4.38. The summed E-state index contributed by atoms with van der Waals surface area (Å²) in [6, 6.07) is 12.4. The molecule has 0 spiro atoms. The van der Waals surface area contributed by atoms with Crippen molar-refractivity contribution in [2.45, 2.75) is 19.3 Å². The predicted octanol–water partition coefficient (Wildman–Crippen LogP) is 4.57. The van der Waals surface area contributed by atoms with Crippen LogP contribution in [0, 0.1) is 5.82 Å². The number of hydrogen-bond acceptors (Lipinski definition) is 1. The van der Waals surface area contributed by atoms with Gasteiger partial charge in [-0.05, 0) is 65.0 Å². The van der Waals surface area contributed by atoms with Crippen molar-refractivity contribution < 1.29 is 9.18 Å². The van der Waals surface area contributed by atoms with Gasteiger partial charge in [0.05, 0.1) is 4.47 Å². The summed E-state index contributed by atoms with van der Waals surface area (Å²) in [7, 11) is 0. The Balaban J connectivity index is 1.99. The molecule has 0 radical (unpaired) electrons. The van der Waals surface area contributed by atoms with Crippen LogP contribution in [0.2, 0.25) is 0 Å². The predicted molar refractivity (Wildman–Crippen MR) is 85.2 cm³/mol. The summed E-state index contributed by atoms with van der Waals surface area (Å²) in [5.74, 6) is -0.437. The number of rotatable bonds is 1. The highest BCUT2D eigenvalue weighted by Crippen LogP contribution is 2.28. The zero-order valence-corrected chi connectivity index (χ0v) is 13.1. The molecular weight excluding hydrogens is 333 g/mol. The van der Waals surface area contributed by atoms with Crippen LogP contribution in [0.1, 0.15) is 28.8 Å². The summed E-state index contributed by atoms with van der Waals surface area (Å²) in [4.78, 5) is 14.6. The van der Waals surface area contributed by atoms with Crippen LogP contribution in [-0.2, 0) is 6.42 Å². The average Bonchev–Trinajstić information content (AvgIpc) is 2.71. The topological polar surface area (TPSA) is 20.3 Å². The Hall–Kier alpha value is -1.68. The van der Waals surface area contributed by atoms with E-state index in [1.807, 2.05) is 23.1 Å². The summed E-state index contributed by atoms with van der Waals surface area (Å²) in [6.07, 6.45) is 3.05. The van der Waals surface area contributed by atoms with E-state index >= 15 is 0 Å². The molecule has 1 amide bonds. The molecule has 0 unspecified atom stereocenters. The first-order valence-electron chi connectivity index (χ1n) is 7.01. The molecule has 2 aromatic carbocycles. The molecule has 0 saturated carbocycles. The van der Waals surface area contributed by atoms with Crippen LogP contribution in [0.5, 0.6) is 0 Å². The lowest BCUT2D eigenvalue weighted by atomic mass is 10.1. The number of carbonyl (C=O) groups is 1. The molecule has 0 atom stereocenters. The Morgan fingerprint density at radius 3 is 2.76 bits per heavy atom. The molecule has 3 rings (SSSR count). The van der Waals surface area contributed by atoms with Gasteiger partial charge >= 0.3 is 0 Å². The summed E-state index contributed by atoms with van der Waals surface area (Å²) >= 11 is 3.14. The second-order valence-electron chi connectivity index (χ2n) is 5.17. The molecule has 4 heteroatoms. The SMILES string of the molecule is O=C(c1ccc(F)c(Br)c1)N1CCCCc2ccccc21. The second-order valence-corrected chi connectivity index (χ2v) is 6.03. The van der Waals surface area contributed by atoms with Gasteiger partial charge in [0.15, 0.2) is 0 Å². The van der Waals surface area contributed by atoms with Crippen LogP contribution < -0.4 is 4.90 Å². The van der Waals surface area contributed by atoms with Crippen LogP contribution in [-0.4, -0.2) is 12.5 Å². The number of benzene rings is 2. The van der Waals surface area contributed by atoms with Gasteiger partial charge in [-0.15, -0.1) is 0 Å². The number of aryl methyl sites for hydroxylation is 1. The number of hydrogen-bond donors (Lipinski definition) is 0. The normalized spacial score (nSPS) is 14.5. The Morgan fingerprint density at radius 1 is 1.14 bits per heavy atom. The van der Waals surface area contributed by atoms with Crippen molar-refractivity contribution in [1.29, 1.82) is 0 Å². The van der Waals surface area contributed by atoms with E-state index in [2.05, 4.69) is 22.0 Å². The fourth-order valence-corrected chi connectivity index (χ4v) is 3.07. The van der Waals surface area contributed by atoms with Crippen molar-refractivity contribution in [3.63, 3.8) is 0 Å². The molecule has 0 N–H and O–H groups in total. The van der Waals surface area contributed by atoms with E-state index in [0.29, 0.717) is 16.6 Å². The molecule has 0 saturated heterocycles. The molecule has 21 heavy (non-hydrogen) atoms. The summed E-state index contributed by atoms with van der Waals surface area (Å²) in [5.41, 5.74) is 2.67. The molecule has 2 nitrogen and oxygen atoms in total. The third-order valence-electron chi connectivity index (χ3n) is 3.77. The molecular formula is C17H15BrFNO. The van der Waals surface area contributed by atoms with Crippen molar-refractivity contribution in [3.8, 4) is 0 Å². The van der Waals surface area contributed by atoms with E-state index in [9.17, 15) is 9.18 Å². The summed E-state index contributed by atoms with van der Waals surface area (Å²) in [6.45, 7) is 0.699. The number of amides is 1. The Kier molecular flexibility index (Phi) is 4.06. The molecule has 0 fully saturated rings. The van der Waals surface area contributed by atoms with Gasteiger partial charge in [0.2, 0.25) is 0 Å². The number of carbonyl (C=O) groups excluding carboxylic acids is 1. The maximum absolute atomic E-state index is 13.3. The van der Waals surface area contributed by atoms with Crippen LogP contribution in [0.4, 0.5) is 10.1 Å². The minimum absolute atomic E-state index is 0.0787. The molecule has 2 aromatic rings. The second kappa shape index (κ2) is 5.98. The van der Waals surface area contributed by atoms with E-state index in [1.54, 1.807) is 6.07 Å². The first-order chi connectivity index (χ1) is 10.2. The summed E-state index contributed by atoms with van der Waals surface area (Å²) < 4.78 is 13.7. The fourth-order valence-electron chi connectivity index (χ4n) is 2.69. The van der Waals surface area contributed by atoms with E-state index in [-0.39, 0.29) is 11.7 Å². The first kappa shape index (κ1) is 14.3. The van der Waals surface area contributed by atoms with Gasteiger partial charge in [0, 0.05) is 17.8 Å². The Bertz CT molecular complexity index is 686. The van der Waals surface area contributed by atoms with Crippen LogP contribution in [0.25, 0.3) is 0 Å².